The monoisotopic (exact) mass is 147 g/mol. The first-order valence-corrected chi connectivity index (χ1v) is 3.47. The van der Waals surface area contributed by atoms with Crippen LogP contribution in [0.2, 0.25) is 0 Å². The predicted octanol–water partition coefficient (Wildman–Crippen LogP) is 1.22. The maximum Gasteiger partial charge on any atom is 0.0711 e. The van der Waals surface area contributed by atoms with E-state index in [0.29, 0.717) is 0 Å². The summed E-state index contributed by atoms with van der Waals surface area (Å²) in [6.45, 7) is 2.02. The minimum absolute atomic E-state index is 0.779. The molecule has 2 heterocycles. The molecule has 0 atom stereocenters. The highest BCUT2D eigenvalue weighted by atomic mass is 15.2. The van der Waals surface area contributed by atoms with Crippen molar-refractivity contribution in [2.24, 2.45) is 0 Å². The zero-order chi connectivity index (χ0) is 7.84. The molecule has 0 radical (unpaired) electrons. The van der Waals surface area contributed by atoms with E-state index < -0.39 is 0 Å². The van der Waals surface area contributed by atoms with Gasteiger partial charge in [-0.15, -0.1) is 0 Å². The normalized spacial score (nSPS) is 10.6. The van der Waals surface area contributed by atoms with Crippen molar-refractivity contribution in [2.75, 3.05) is 5.73 Å². The smallest absolute Gasteiger partial charge is 0.0711 e. The average Bonchev–Trinajstić information content (AvgIpc) is 2.33. The second-order valence-electron chi connectivity index (χ2n) is 2.62. The van der Waals surface area contributed by atoms with Crippen molar-refractivity contribution < 1.29 is 0 Å². The molecule has 2 aromatic rings. The molecule has 0 fully saturated rings. The Morgan fingerprint density at radius 1 is 1.55 bits per heavy atom. The van der Waals surface area contributed by atoms with Gasteiger partial charge < -0.3 is 5.73 Å². The summed E-state index contributed by atoms with van der Waals surface area (Å²) < 4.78 is 1.81. The quantitative estimate of drug-likeness (QED) is 0.609. The summed E-state index contributed by atoms with van der Waals surface area (Å²) in [5.74, 6) is 0. The highest BCUT2D eigenvalue weighted by Crippen LogP contribution is 2.11. The van der Waals surface area contributed by atoms with Crippen LogP contribution in [0.15, 0.2) is 24.5 Å². The largest absolute Gasteiger partial charge is 0.399 e. The van der Waals surface area contributed by atoms with Crippen LogP contribution in [0.4, 0.5) is 5.69 Å². The Hall–Kier alpha value is -1.51. The van der Waals surface area contributed by atoms with Gasteiger partial charge in [0.1, 0.15) is 0 Å². The first-order chi connectivity index (χ1) is 5.27. The summed E-state index contributed by atoms with van der Waals surface area (Å²) >= 11 is 0. The number of anilines is 1. The molecule has 0 saturated heterocycles. The van der Waals surface area contributed by atoms with Crippen LogP contribution in [-0.4, -0.2) is 9.61 Å². The fraction of sp³-hybridized carbons (Fsp3) is 0.125. The van der Waals surface area contributed by atoms with Gasteiger partial charge in [0, 0.05) is 11.9 Å². The summed E-state index contributed by atoms with van der Waals surface area (Å²) in [6, 6.07) is 3.75. The zero-order valence-corrected chi connectivity index (χ0v) is 6.28. The molecule has 3 heteroatoms. The van der Waals surface area contributed by atoms with Crippen LogP contribution in [0, 0.1) is 6.92 Å². The molecule has 2 rings (SSSR count). The molecule has 0 spiro atoms. The number of rotatable bonds is 0. The molecule has 0 aliphatic heterocycles. The molecule has 11 heavy (non-hydrogen) atoms. The van der Waals surface area contributed by atoms with Crippen LogP contribution in [0.1, 0.15) is 5.56 Å². The number of nitrogens with zero attached hydrogens (tertiary/aromatic N) is 2. The predicted molar refractivity (Wildman–Crippen MR) is 44.3 cm³/mol. The van der Waals surface area contributed by atoms with Crippen LogP contribution in [-0.2, 0) is 0 Å². The fourth-order valence-electron chi connectivity index (χ4n) is 1.12. The lowest BCUT2D eigenvalue weighted by atomic mass is 10.3. The highest BCUT2D eigenvalue weighted by molar-refractivity contribution is 5.59. The molecule has 56 valence electrons. The second-order valence-corrected chi connectivity index (χ2v) is 2.62. The SMILES string of the molecule is Cc1cnn2ccc(N)cc12. The summed E-state index contributed by atoms with van der Waals surface area (Å²) in [5, 5.41) is 4.12. The number of fused-ring (bicyclic) bond motifs is 1. The van der Waals surface area contributed by atoms with Gasteiger partial charge in [0.05, 0.1) is 11.7 Å². The van der Waals surface area contributed by atoms with Crippen LogP contribution in [0.3, 0.4) is 0 Å². The van der Waals surface area contributed by atoms with Crippen molar-refractivity contribution in [1.29, 1.82) is 0 Å². The maximum absolute atomic E-state index is 5.61. The third kappa shape index (κ3) is 0.852. The molecule has 3 nitrogen and oxygen atoms in total. The Kier molecular flexibility index (Phi) is 1.12. The van der Waals surface area contributed by atoms with Crippen molar-refractivity contribution in [2.45, 2.75) is 6.92 Å². The lowest BCUT2D eigenvalue weighted by Crippen LogP contribution is -1.89. The van der Waals surface area contributed by atoms with Gasteiger partial charge in [0.15, 0.2) is 0 Å². The lowest BCUT2D eigenvalue weighted by Gasteiger charge is -1.94. The molecule has 0 aliphatic carbocycles. The minimum atomic E-state index is 0.779. The van der Waals surface area contributed by atoms with E-state index in [4.69, 9.17) is 5.73 Å². The van der Waals surface area contributed by atoms with Crippen molar-refractivity contribution >= 4 is 11.2 Å². The molecule has 0 bridgehead atoms. The van der Waals surface area contributed by atoms with Crippen LogP contribution >= 0.6 is 0 Å². The Balaban J connectivity index is 2.87. The van der Waals surface area contributed by atoms with E-state index in [1.54, 1.807) is 0 Å². The van der Waals surface area contributed by atoms with Crippen LogP contribution in [0.25, 0.3) is 5.52 Å². The van der Waals surface area contributed by atoms with E-state index >= 15 is 0 Å². The van der Waals surface area contributed by atoms with Gasteiger partial charge in [-0.1, -0.05) is 0 Å². The van der Waals surface area contributed by atoms with Crippen LogP contribution in [0.5, 0.6) is 0 Å². The molecule has 2 aromatic heterocycles. The van der Waals surface area contributed by atoms with E-state index in [9.17, 15) is 0 Å². The van der Waals surface area contributed by atoms with Gasteiger partial charge in [-0.3, -0.25) is 0 Å². The standard InChI is InChI=1S/C8H9N3/c1-6-5-10-11-3-2-7(9)4-8(6)11/h2-5H,9H2,1H3. The zero-order valence-electron chi connectivity index (χ0n) is 6.28. The minimum Gasteiger partial charge on any atom is -0.399 e. The first kappa shape index (κ1) is 6.22. The number of hydrogen-bond donors (Lipinski definition) is 1. The first-order valence-electron chi connectivity index (χ1n) is 3.47. The molecule has 0 aromatic carbocycles. The molecular weight excluding hydrogens is 138 g/mol. The second kappa shape index (κ2) is 1.99. The van der Waals surface area contributed by atoms with E-state index in [-0.39, 0.29) is 0 Å². The Morgan fingerprint density at radius 3 is 3.18 bits per heavy atom. The van der Waals surface area contributed by atoms with E-state index in [0.717, 1.165) is 16.8 Å². The van der Waals surface area contributed by atoms with E-state index in [1.807, 2.05) is 36.0 Å². The number of hydrogen-bond acceptors (Lipinski definition) is 2. The number of pyridine rings is 1. The van der Waals surface area contributed by atoms with Crippen molar-refractivity contribution in [3.8, 4) is 0 Å². The van der Waals surface area contributed by atoms with E-state index in [1.165, 1.54) is 0 Å². The molecule has 0 unspecified atom stereocenters. The third-order valence-corrected chi connectivity index (χ3v) is 1.74. The molecule has 0 amide bonds. The van der Waals surface area contributed by atoms with Gasteiger partial charge in [-0.05, 0) is 24.6 Å². The van der Waals surface area contributed by atoms with Crippen molar-refractivity contribution in [3.05, 3.63) is 30.1 Å². The lowest BCUT2D eigenvalue weighted by molar-refractivity contribution is 0.962. The average molecular weight is 147 g/mol. The number of nitrogen functional groups attached to an aromatic ring is 1. The van der Waals surface area contributed by atoms with Crippen LogP contribution < -0.4 is 5.73 Å². The van der Waals surface area contributed by atoms with Gasteiger partial charge in [-0.2, -0.15) is 5.10 Å². The number of aryl methyl sites for hydroxylation is 1. The third-order valence-electron chi connectivity index (χ3n) is 1.74. The molecule has 0 saturated carbocycles. The van der Waals surface area contributed by atoms with Gasteiger partial charge in [-0.25, -0.2) is 4.52 Å². The summed E-state index contributed by atoms with van der Waals surface area (Å²) in [7, 11) is 0. The Morgan fingerprint density at radius 2 is 2.36 bits per heavy atom. The highest BCUT2D eigenvalue weighted by Gasteiger charge is 1.97. The summed E-state index contributed by atoms with van der Waals surface area (Å²) in [5.41, 5.74) is 8.61. The van der Waals surface area contributed by atoms with Gasteiger partial charge in [0.2, 0.25) is 0 Å². The van der Waals surface area contributed by atoms with Crippen molar-refractivity contribution in [3.63, 3.8) is 0 Å². The molecular formula is C8H9N3. The fourth-order valence-corrected chi connectivity index (χ4v) is 1.12. The summed E-state index contributed by atoms with van der Waals surface area (Å²) in [6.07, 6.45) is 3.69. The number of nitrogens with two attached hydrogens (primary N) is 1. The molecule has 2 N–H and O–H groups in total. The molecule has 0 aliphatic rings. The summed E-state index contributed by atoms with van der Waals surface area (Å²) in [4.78, 5) is 0. The van der Waals surface area contributed by atoms with E-state index in [2.05, 4.69) is 5.10 Å². The van der Waals surface area contributed by atoms with Gasteiger partial charge >= 0.3 is 0 Å². The van der Waals surface area contributed by atoms with Gasteiger partial charge in [0.25, 0.3) is 0 Å². The topological polar surface area (TPSA) is 43.3 Å². The maximum atomic E-state index is 5.61. The Labute approximate surface area is 64.4 Å². The Bertz CT molecular complexity index is 389. The number of aromatic nitrogens is 2. The van der Waals surface area contributed by atoms with Crippen molar-refractivity contribution in [1.82, 2.24) is 9.61 Å².